The third-order valence-electron chi connectivity index (χ3n) is 2.80. The van der Waals surface area contributed by atoms with Gasteiger partial charge in [-0.15, -0.1) is 11.8 Å². The Balaban J connectivity index is 2.54. The van der Waals surface area contributed by atoms with Crippen LogP contribution in [0.1, 0.15) is 24.5 Å². The SMILES string of the molecule is CCC(CS)CSc1ccc(C)c(C)c1. The molecule has 0 nitrogen and oxygen atoms in total. The van der Waals surface area contributed by atoms with E-state index in [0.717, 1.165) is 11.7 Å². The van der Waals surface area contributed by atoms with Gasteiger partial charge in [0, 0.05) is 10.6 Å². The second kappa shape index (κ2) is 6.49. The number of aryl methyl sites for hydroxylation is 2. The Hall–Kier alpha value is -0.0800. The van der Waals surface area contributed by atoms with E-state index in [-0.39, 0.29) is 0 Å². The second-order valence-corrected chi connectivity index (χ2v) is 5.47. The van der Waals surface area contributed by atoms with Crippen LogP contribution >= 0.6 is 24.4 Å². The van der Waals surface area contributed by atoms with Crippen LogP contribution in [0.3, 0.4) is 0 Å². The second-order valence-electron chi connectivity index (χ2n) is 4.01. The number of benzene rings is 1. The standard InChI is InChI=1S/C13H20S2/c1-4-12(8-14)9-15-13-6-5-10(2)11(3)7-13/h5-7,12,14H,4,8-9H2,1-3H3. The lowest BCUT2D eigenvalue weighted by Crippen LogP contribution is -2.03. The third kappa shape index (κ3) is 4.12. The molecular weight excluding hydrogens is 220 g/mol. The predicted molar refractivity (Wildman–Crippen MR) is 74.3 cm³/mol. The van der Waals surface area contributed by atoms with Crippen molar-refractivity contribution in [3.8, 4) is 0 Å². The highest BCUT2D eigenvalue weighted by molar-refractivity contribution is 7.99. The number of hydrogen-bond donors (Lipinski definition) is 1. The van der Waals surface area contributed by atoms with E-state index in [9.17, 15) is 0 Å². The highest BCUT2D eigenvalue weighted by Gasteiger charge is 2.05. The molecule has 15 heavy (non-hydrogen) atoms. The number of hydrogen-bond acceptors (Lipinski definition) is 2. The Morgan fingerprint density at radius 2 is 2.00 bits per heavy atom. The molecule has 0 aliphatic carbocycles. The fourth-order valence-corrected chi connectivity index (χ4v) is 3.09. The Labute approximate surface area is 103 Å². The van der Waals surface area contributed by atoms with Crippen LogP contribution in [0.25, 0.3) is 0 Å². The first-order chi connectivity index (χ1) is 7.17. The lowest BCUT2D eigenvalue weighted by atomic mass is 10.1. The minimum atomic E-state index is 0.736. The zero-order chi connectivity index (χ0) is 11.3. The Kier molecular flexibility index (Phi) is 5.62. The summed E-state index contributed by atoms with van der Waals surface area (Å²) in [5, 5.41) is 0. The summed E-state index contributed by atoms with van der Waals surface area (Å²) in [6, 6.07) is 6.71. The molecule has 0 N–H and O–H groups in total. The highest BCUT2D eigenvalue weighted by atomic mass is 32.2. The molecule has 1 rings (SSSR count). The topological polar surface area (TPSA) is 0 Å². The van der Waals surface area contributed by atoms with Crippen LogP contribution in [0.5, 0.6) is 0 Å². The van der Waals surface area contributed by atoms with Crippen molar-refractivity contribution in [2.75, 3.05) is 11.5 Å². The highest BCUT2D eigenvalue weighted by Crippen LogP contribution is 2.24. The largest absolute Gasteiger partial charge is 0.179 e. The van der Waals surface area contributed by atoms with Gasteiger partial charge in [0.15, 0.2) is 0 Å². The molecule has 1 atom stereocenters. The quantitative estimate of drug-likeness (QED) is 0.589. The van der Waals surface area contributed by atoms with Crippen LogP contribution in [-0.2, 0) is 0 Å². The molecule has 0 aromatic heterocycles. The van der Waals surface area contributed by atoms with Crippen LogP contribution in [0.4, 0.5) is 0 Å². The molecule has 0 heterocycles. The third-order valence-corrected chi connectivity index (χ3v) is 4.54. The molecule has 1 aromatic carbocycles. The molecule has 0 saturated carbocycles. The van der Waals surface area contributed by atoms with Gasteiger partial charge in [-0.3, -0.25) is 0 Å². The first-order valence-corrected chi connectivity index (χ1v) is 7.10. The first kappa shape index (κ1) is 13.0. The minimum Gasteiger partial charge on any atom is -0.179 e. The van der Waals surface area contributed by atoms with Crippen LogP contribution in [0.2, 0.25) is 0 Å². The average Bonchev–Trinajstić information content (AvgIpc) is 2.24. The molecule has 1 aromatic rings. The Morgan fingerprint density at radius 3 is 2.53 bits per heavy atom. The van der Waals surface area contributed by atoms with E-state index in [1.54, 1.807) is 0 Å². The molecule has 0 fully saturated rings. The average molecular weight is 240 g/mol. The van der Waals surface area contributed by atoms with Gasteiger partial charge >= 0.3 is 0 Å². The minimum absolute atomic E-state index is 0.736. The normalized spacial score (nSPS) is 12.8. The number of thiol groups is 1. The Bertz CT molecular complexity index is 303. The molecule has 0 amide bonds. The van der Waals surface area contributed by atoms with Gasteiger partial charge in [0.2, 0.25) is 0 Å². The van der Waals surface area contributed by atoms with Crippen molar-refractivity contribution in [1.82, 2.24) is 0 Å². The van der Waals surface area contributed by atoms with E-state index in [1.807, 2.05) is 11.8 Å². The fourth-order valence-electron chi connectivity index (χ4n) is 1.32. The summed E-state index contributed by atoms with van der Waals surface area (Å²) in [6.45, 7) is 6.57. The van der Waals surface area contributed by atoms with Crippen molar-refractivity contribution < 1.29 is 0 Å². The van der Waals surface area contributed by atoms with Crippen LogP contribution in [0, 0.1) is 19.8 Å². The lowest BCUT2D eigenvalue weighted by Gasteiger charge is -2.11. The molecule has 0 bridgehead atoms. The zero-order valence-electron chi connectivity index (χ0n) is 9.79. The number of rotatable bonds is 5. The maximum absolute atomic E-state index is 4.37. The van der Waals surface area contributed by atoms with E-state index in [1.165, 1.54) is 28.2 Å². The Morgan fingerprint density at radius 1 is 1.27 bits per heavy atom. The molecule has 0 aliphatic heterocycles. The van der Waals surface area contributed by atoms with Crippen molar-refractivity contribution >= 4 is 24.4 Å². The summed E-state index contributed by atoms with van der Waals surface area (Å²) >= 11 is 6.32. The fraction of sp³-hybridized carbons (Fsp3) is 0.538. The van der Waals surface area contributed by atoms with Gasteiger partial charge in [-0.2, -0.15) is 12.6 Å². The van der Waals surface area contributed by atoms with Crippen molar-refractivity contribution in [2.45, 2.75) is 32.1 Å². The van der Waals surface area contributed by atoms with E-state index in [4.69, 9.17) is 0 Å². The van der Waals surface area contributed by atoms with Crippen molar-refractivity contribution in [2.24, 2.45) is 5.92 Å². The predicted octanol–water partition coefficient (Wildman–Crippen LogP) is 4.35. The molecule has 0 spiro atoms. The van der Waals surface area contributed by atoms with Crippen molar-refractivity contribution in [3.63, 3.8) is 0 Å². The maximum Gasteiger partial charge on any atom is 0.00748 e. The summed E-state index contributed by atoms with van der Waals surface area (Å²) in [6.07, 6.45) is 1.22. The van der Waals surface area contributed by atoms with Crippen LogP contribution in [-0.4, -0.2) is 11.5 Å². The lowest BCUT2D eigenvalue weighted by molar-refractivity contribution is 0.649. The molecule has 2 heteroatoms. The molecule has 84 valence electrons. The molecule has 0 saturated heterocycles. The van der Waals surface area contributed by atoms with Gasteiger partial charge in [0.1, 0.15) is 0 Å². The monoisotopic (exact) mass is 240 g/mol. The van der Waals surface area contributed by atoms with E-state index >= 15 is 0 Å². The van der Waals surface area contributed by atoms with Crippen molar-refractivity contribution in [1.29, 1.82) is 0 Å². The summed E-state index contributed by atoms with van der Waals surface area (Å²) in [7, 11) is 0. The van der Waals surface area contributed by atoms with Crippen LogP contribution < -0.4 is 0 Å². The molecule has 0 aliphatic rings. The number of thioether (sulfide) groups is 1. The van der Waals surface area contributed by atoms with Gasteiger partial charge in [-0.05, 0) is 48.8 Å². The van der Waals surface area contributed by atoms with Gasteiger partial charge in [0.25, 0.3) is 0 Å². The van der Waals surface area contributed by atoms with Gasteiger partial charge in [0.05, 0.1) is 0 Å². The summed E-state index contributed by atoms with van der Waals surface area (Å²) in [5.41, 5.74) is 2.76. The van der Waals surface area contributed by atoms with Crippen LogP contribution in [0.15, 0.2) is 23.1 Å². The maximum atomic E-state index is 4.37. The first-order valence-electron chi connectivity index (χ1n) is 5.48. The van der Waals surface area contributed by atoms with E-state index in [2.05, 4.69) is 51.6 Å². The molecule has 0 radical (unpaired) electrons. The van der Waals surface area contributed by atoms with Gasteiger partial charge in [-0.1, -0.05) is 19.4 Å². The van der Waals surface area contributed by atoms with Crippen molar-refractivity contribution in [3.05, 3.63) is 29.3 Å². The molecule has 1 unspecified atom stereocenters. The summed E-state index contributed by atoms with van der Waals surface area (Å²) < 4.78 is 0. The summed E-state index contributed by atoms with van der Waals surface area (Å²) in [4.78, 5) is 1.39. The van der Waals surface area contributed by atoms with E-state index < -0.39 is 0 Å². The smallest absolute Gasteiger partial charge is 0.00748 e. The molecular formula is C13H20S2. The van der Waals surface area contributed by atoms with Gasteiger partial charge in [-0.25, -0.2) is 0 Å². The summed E-state index contributed by atoms with van der Waals surface area (Å²) in [5.74, 6) is 2.91. The van der Waals surface area contributed by atoms with Gasteiger partial charge < -0.3 is 0 Å². The van der Waals surface area contributed by atoms with E-state index in [0.29, 0.717) is 0 Å². The zero-order valence-corrected chi connectivity index (χ0v) is 11.5.